The van der Waals surface area contributed by atoms with E-state index in [1.165, 1.54) is 19.2 Å². The maximum atomic E-state index is 14.6. The van der Waals surface area contributed by atoms with E-state index >= 15 is 0 Å². The predicted molar refractivity (Wildman–Crippen MR) is 92.9 cm³/mol. The summed E-state index contributed by atoms with van der Waals surface area (Å²) < 4.78 is 55.6. The van der Waals surface area contributed by atoms with Crippen LogP contribution in [0.5, 0.6) is 0 Å². The van der Waals surface area contributed by atoms with Crippen molar-refractivity contribution in [2.75, 3.05) is 5.32 Å². The van der Waals surface area contributed by atoms with E-state index in [1.807, 2.05) is 0 Å². The second-order valence-corrected chi connectivity index (χ2v) is 8.16. The number of rotatable bonds is 5. The molecular formula is C15H16BrF2N3O3S. The number of hydrogen-bond donors (Lipinski definition) is 2. The zero-order valence-electron chi connectivity index (χ0n) is 13.6. The van der Waals surface area contributed by atoms with Crippen LogP contribution in [0.15, 0.2) is 33.8 Å². The van der Waals surface area contributed by atoms with E-state index in [0.29, 0.717) is 0 Å². The van der Waals surface area contributed by atoms with Gasteiger partial charge in [-0.1, -0.05) is 0 Å². The van der Waals surface area contributed by atoms with Crippen LogP contribution < -0.4 is 10.0 Å². The molecule has 1 aromatic heterocycles. The number of benzene rings is 1. The Bertz CT molecular complexity index is 926. The number of sulfonamides is 1. The summed E-state index contributed by atoms with van der Waals surface area (Å²) in [6.07, 6.45) is 1.02. The Kier molecular flexibility index (Phi) is 5.65. The number of aryl methyl sites for hydroxylation is 1. The maximum Gasteiger partial charge on any atom is 0.275 e. The largest absolute Gasteiger partial charge is 0.343 e. The number of anilines is 1. The van der Waals surface area contributed by atoms with Crippen LogP contribution in [0.4, 0.5) is 14.5 Å². The molecular weight excluding hydrogens is 420 g/mol. The second kappa shape index (κ2) is 7.22. The van der Waals surface area contributed by atoms with Gasteiger partial charge < -0.3 is 9.88 Å². The number of carbonyl (C=O) groups is 1. The molecule has 0 saturated heterocycles. The molecule has 2 rings (SSSR count). The lowest BCUT2D eigenvalue weighted by molar-refractivity contribution is 0.101. The lowest BCUT2D eigenvalue weighted by Crippen LogP contribution is -2.30. The van der Waals surface area contributed by atoms with E-state index in [-0.39, 0.29) is 10.2 Å². The van der Waals surface area contributed by atoms with E-state index in [9.17, 15) is 22.0 Å². The average molecular weight is 436 g/mol. The molecule has 0 fully saturated rings. The highest BCUT2D eigenvalue weighted by Crippen LogP contribution is 2.23. The second-order valence-electron chi connectivity index (χ2n) is 5.63. The first-order valence-corrected chi connectivity index (χ1v) is 9.44. The first kappa shape index (κ1) is 19.5. The normalized spacial score (nSPS) is 11.8. The van der Waals surface area contributed by atoms with Crippen molar-refractivity contribution in [1.82, 2.24) is 9.29 Å². The molecule has 10 heteroatoms. The summed E-state index contributed by atoms with van der Waals surface area (Å²) >= 11 is 2.98. The van der Waals surface area contributed by atoms with Gasteiger partial charge in [0, 0.05) is 25.0 Å². The van der Waals surface area contributed by atoms with Crippen LogP contribution in [-0.2, 0) is 17.1 Å². The van der Waals surface area contributed by atoms with Crippen LogP contribution in [0.25, 0.3) is 0 Å². The number of carbonyl (C=O) groups excluding carboxylic acids is 1. The van der Waals surface area contributed by atoms with E-state index < -0.39 is 44.2 Å². The zero-order valence-corrected chi connectivity index (χ0v) is 16.0. The standard InChI is InChI=1S/C15H16BrF2N3O3S/c1-8(2)20-25(23,24)12-7-21(3)14(13(12)18)15(22)19-9-4-5-11(17)10(16)6-9/h4-8,20H,1-3H3,(H,19,22). The van der Waals surface area contributed by atoms with Crippen molar-refractivity contribution in [3.05, 3.63) is 46.2 Å². The molecule has 136 valence electrons. The van der Waals surface area contributed by atoms with E-state index in [1.54, 1.807) is 13.8 Å². The molecule has 0 aliphatic carbocycles. The molecule has 6 nitrogen and oxygen atoms in total. The van der Waals surface area contributed by atoms with Crippen molar-refractivity contribution < 1.29 is 22.0 Å². The number of nitrogens with one attached hydrogen (secondary N) is 2. The van der Waals surface area contributed by atoms with Crippen LogP contribution >= 0.6 is 15.9 Å². The van der Waals surface area contributed by atoms with Gasteiger partial charge in [-0.3, -0.25) is 4.79 Å². The third-order valence-corrected chi connectivity index (χ3v) is 5.41. The molecule has 1 heterocycles. The van der Waals surface area contributed by atoms with Crippen molar-refractivity contribution in [1.29, 1.82) is 0 Å². The van der Waals surface area contributed by atoms with Crippen molar-refractivity contribution >= 4 is 37.5 Å². The minimum Gasteiger partial charge on any atom is -0.343 e. The van der Waals surface area contributed by atoms with Crippen molar-refractivity contribution in [3.8, 4) is 0 Å². The van der Waals surface area contributed by atoms with Gasteiger partial charge in [-0.15, -0.1) is 0 Å². The van der Waals surface area contributed by atoms with Crippen LogP contribution in [0, 0.1) is 11.6 Å². The zero-order chi connectivity index (χ0) is 18.9. The van der Waals surface area contributed by atoms with Crippen LogP contribution in [-0.4, -0.2) is 24.9 Å². The predicted octanol–water partition coefficient (Wildman–Crippen LogP) is 3.00. The Labute approximate surface area is 152 Å². The van der Waals surface area contributed by atoms with Gasteiger partial charge in [-0.25, -0.2) is 21.9 Å². The quantitative estimate of drug-likeness (QED) is 0.757. The van der Waals surface area contributed by atoms with Gasteiger partial charge in [0.05, 0.1) is 4.47 Å². The minimum absolute atomic E-state index is 0.127. The highest BCUT2D eigenvalue weighted by atomic mass is 79.9. The smallest absolute Gasteiger partial charge is 0.275 e. The molecule has 0 aliphatic heterocycles. The van der Waals surface area contributed by atoms with Crippen LogP contribution in [0.1, 0.15) is 24.3 Å². The molecule has 2 N–H and O–H groups in total. The molecule has 0 atom stereocenters. The minimum atomic E-state index is -4.09. The van der Waals surface area contributed by atoms with E-state index in [2.05, 4.69) is 26.0 Å². The SMILES string of the molecule is CC(C)NS(=O)(=O)c1cn(C)c(C(=O)Nc2ccc(F)c(Br)c2)c1F. The number of hydrogen-bond acceptors (Lipinski definition) is 3. The van der Waals surface area contributed by atoms with Crippen LogP contribution in [0.2, 0.25) is 0 Å². The van der Waals surface area contributed by atoms with Crippen molar-refractivity contribution in [3.63, 3.8) is 0 Å². The van der Waals surface area contributed by atoms with Gasteiger partial charge in [0.2, 0.25) is 10.0 Å². The Morgan fingerprint density at radius 3 is 2.48 bits per heavy atom. The number of amides is 1. The number of halogens is 3. The first-order valence-electron chi connectivity index (χ1n) is 7.16. The molecule has 1 amide bonds. The molecule has 0 spiro atoms. The highest BCUT2D eigenvalue weighted by molar-refractivity contribution is 9.10. The van der Waals surface area contributed by atoms with Crippen LogP contribution in [0.3, 0.4) is 0 Å². The monoisotopic (exact) mass is 435 g/mol. The lowest BCUT2D eigenvalue weighted by Gasteiger charge is -2.08. The summed E-state index contributed by atoms with van der Waals surface area (Å²) in [4.78, 5) is 11.7. The van der Waals surface area contributed by atoms with Gasteiger partial charge in [0.1, 0.15) is 16.4 Å². The van der Waals surface area contributed by atoms with E-state index in [0.717, 1.165) is 16.8 Å². The molecule has 1 aromatic carbocycles. The Morgan fingerprint density at radius 1 is 1.28 bits per heavy atom. The van der Waals surface area contributed by atoms with Gasteiger partial charge in [0.15, 0.2) is 5.82 Å². The third-order valence-electron chi connectivity index (χ3n) is 3.16. The average Bonchev–Trinajstić information content (AvgIpc) is 2.77. The number of nitrogens with zero attached hydrogens (tertiary/aromatic N) is 1. The summed E-state index contributed by atoms with van der Waals surface area (Å²) in [6, 6.07) is 3.31. The molecule has 0 radical (unpaired) electrons. The molecule has 0 unspecified atom stereocenters. The molecule has 0 saturated carbocycles. The van der Waals surface area contributed by atoms with E-state index in [4.69, 9.17) is 0 Å². The van der Waals surface area contributed by atoms with Gasteiger partial charge in [-0.05, 0) is 48.0 Å². The topological polar surface area (TPSA) is 80.2 Å². The summed E-state index contributed by atoms with van der Waals surface area (Å²) in [5.41, 5.74) is -0.229. The fourth-order valence-corrected chi connectivity index (χ4v) is 3.91. The summed E-state index contributed by atoms with van der Waals surface area (Å²) in [5.74, 6) is -2.53. The lowest BCUT2D eigenvalue weighted by atomic mass is 10.3. The maximum absolute atomic E-state index is 14.6. The first-order chi connectivity index (χ1) is 11.5. The van der Waals surface area contributed by atoms with Gasteiger partial charge in [-0.2, -0.15) is 0 Å². The summed E-state index contributed by atoms with van der Waals surface area (Å²) in [5, 5.41) is 2.40. The molecule has 2 aromatic rings. The highest BCUT2D eigenvalue weighted by Gasteiger charge is 2.29. The van der Waals surface area contributed by atoms with Crippen molar-refractivity contribution in [2.45, 2.75) is 24.8 Å². The summed E-state index contributed by atoms with van der Waals surface area (Å²) in [7, 11) is -2.74. The van der Waals surface area contributed by atoms with Crippen molar-refractivity contribution in [2.24, 2.45) is 7.05 Å². The van der Waals surface area contributed by atoms with Gasteiger partial charge in [0.25, 0.3) is 5.91 Å². The third kappa shape index (κ3) is 4.25. The Hall–Kier alpha value is -1.78. The summed E-state index contributed by atoms with van der Waals surface area (Å²) in [6.45, 7) is 3.19. The fraction of sp³-hybridized carbons (Fsp3) is 0.267. The molecule has 0 bridgehead atoms. The molecule has 0 aliphatic rings. The Balaban J connectivity index is 2.36. The number of aromatic nitrogens is 1. The van der Waals surface area contributed by atoms with Gasteiger partial charge >= 0.3 is 0 Å². The molecule has 25 heavy (non-hydrogen) atoms. The Morgan fingerprint density at radius 2 is 1.92 bits per heavy atom. The fourth-order valence-electron chi connectivity index (χ4n) is 2.15.